The predicted molar refractivity (Wildman–Crippen MR) is 133 cm³/mol. The van der Waals surface area contributed by atoms with Crippen LogP contribution in [0.25, 0.3) is 11.1 Å². The molecule has 5 aliphatic rings. The minimum Gasteiger partial charge on any atom is -0.490 e. The molecule has 4 heterocycles. The van der Waals surface area contributed by atoms with Crippen LogP contribution in [0.1, 0.15) is 43.9 Å². The number of rotatable bonds is 3. The third kappa shape index (κ3) is 3.82. The summed E-state index contributed by atoms with van der Waals surface area (Å²) >= 11 is 0. The number of amides is 1. The number of carbonyl (C=O) groups excluding carboxylic acids is 1. The Morgan fingerprint density at radius 1 is 1.09 bits per heavy atom. The molecule has 1 N–H and O–H groups in total. The molecule has 180 valence electrons. The van der Waals surface area contributed by atoms with E-state index in [-0.39, 0.29) is 23.7 Å². The second-order valence-electron chi connectivity index (χ2n) is 11.2. The quantitative estimate of drug-likeness (QED) is 0.723. The summed E-state index contributed by atoms with van der Waals surface area (Å²) < 4.78 is 11.9. The van der Waals surface area contributed by atoms with Crippen LogP contribution in [0.4, 0.5) is 10.5 Å². The van der Waals surface area contributed by atoms with E-state index in [4.69, 9.17) is 9.47 Å². The molecule has 0 radical (unpaired) electrons. The van der Waals surface area contributed by atoms with E-state index in [1.54, 1.807) is 0 Å². The van der Waals surface area contributed by atoms with Gasteiger partial charge in [0.05, 0.1) is 18.3 Å². The molecule has 7 rings (SSSR count). The van der Waals surface area contributed by atoms with Gasteiger partial charge in [-0.25, -0.2) is 4.79 Å². The lowest BCUT2D eigenvalue weighted by molar-refractivity contribution is -0.0348. The molecule has 6 heteroatoms. The Labute approximate surface area is 202 Å². The van der Waals surface area contributed by atoms with E-state index >= 15 is 0 Å². The zero-order valence-corrected chi connectivity index (χ0v) is 20.5. The molecule has 0 saturated carbocycles. The van der Waals surface area contributed by atoms with Crippen molar-refractivity contribution in [1.82, 2.24) is 10.2 Å². The van der Waals surface area contributed by atoms with E-state index in [9.17, 15) is 4.79 Å². The second-order valence-corrected chi connectivity index (χ2v) is 11.2. The van der Waals surface area contributed by atoms with Gasteiger partial charge < -0.3 is 19.7 Å². The largest absolute Gasteiger partial charge is 0.490 e. The van der Waals surface area contributed by atoms with Gasteiger partial charge in [-0.3, -0.25) is 4.90 Å². The van der Waals surface area contributed by atoms with Gasteiger partial charge in [-0.05, 0) is 78.1 Å². The first kappa shape index (κ1) is 21.8. The van der Waals surface area contributed by atoms with Crippen LogP contribution in [0.15, 0.2) is 36.4 Å². The molecule has 3 saturated heterocycles. The van der Waals surface area contributed by atoms with Gasteiger partial charge in [0.25, 0.3) is 0 Å². The SMILES string of the molecule is CN1CCOc2cc(-c3ccc4c(c3)CC(C)(C)C4NC(=O)O[C@@H]3CN4CCC3CC4)ccc21. The zero-order valence-electron chi connectivity index (χ0n) is 20.5. The standard InChI is InChI=1S/C28H35N3O3/c1-28(2)16-21-14-19(20-5-7-23-24(15-20)33-13-12-30(23)3)4-6-22(21)26(28)29-27(32)34-25-17-31-10-8-18(25)9-11-31/h4-7,14-15,18,25-26H,8-13,16-17H2,1-3H3,(H,29,32)/t25-,26?/m1/s1. The molecule has 2 aromatic carbocycles. The normalized spacial score (nSPS) is 28.6. The first-order valence-electron chi connectivity index (χ1n) is 12.7. The topological polar surface area (TPSA) is 54.0 Å². The fraction of sp³-hybridized carbons (Fsp3) is 0.536. The first-order valence-corrected chi connectivity index (χ1v) is 12.7. The molecule has 3 fully saturated rings. The van der Waals surface area contributed by atoms with Crippen LogP contribution in [-0.4, -0.2) is 56.9 Å². The average Bonchev–Trinajstić information content (AvgIpc) is 3.08. The van der Waals surface area contributed by atoms with Gasteiger partial charge >= 0.3 is 6.09 Å². The third-order valence-electron chi connectivity index (χ3n) is 8.39. The van der Waals surface area contributed by atoms with Crippen molar-refractivity contribution >= 4 is 11.8 Å². The molecule has 2 bridgehead atoms. The van der Waals surface area contributed by atoms with Gasteiger partial charge in [0.2, 0.25) is 0 Å². The molecule has 0 aromatic heterocycles. The van der Waals surface area contributed by atoms with Crippen molar-refractivity contribution in [3.63, 3.8) is 0 Å². The molecule has 1 amide bonds. The van der Waals surface area contributed by atoms with E-state index in [1.807, 2.05) is 0 Å². The lowest BCUT2D eigenvalue weighted by Gasteiger charge is -2.44. The Morgan fingerprint density at radius 3 is 2.62 bits per heavy atom. The van der Waals surface area contributed by atoms with E-state index in [0.717, 1.165) is 62.4 Å². The summed E-state index contributed by atoms with van der Waals surface area (Å²) in [6.07, 6.45) is 2.96. The number of ether oxygens (including phenoxy) is 2. The summed E-state index contributed by atoms with van der Waals surface area (Å²) in [5.74, 6) is 1.46. The van der Waals surface area contributed by atoms with Crippen LogP contribution >= 0.6 is 0 Å². The third-order valence-corrected chi connectivity index (χ3v) is 8.39. The average molecular weight is 462 g/mol. The number of anilines is 1. The Balaban J connectivity index is 1.20. The van der Waals surface area contributed by atoms with Crippen molar-refractivity contribution in [1.29, 1.82) is 0 Å². The molecule has 1 unspecified atom stereocenters. The highest BCUT2D eigenvalue weighted by molar-refractivity contribution is 5.74. The second kappa shape index (κ2) is 8.19. The number of likely N-dealkylation sites (N-methyl/N-ethyl adjacent to an activating group) is 1. The highest BCUT2D eigenvalue weighted by Gasteiger charge is 2.42. The van der Waals surface area contributed by atoms with Gasteiger partial charge in [0.1, 0.15) is 18.5 Å². The minimum atomic E-state index is -0.273. The van der Waals surface area contributed by atoms with Gasteiger partial charge in [-0.15, -0.1) is 0 Å². The number of fused-ring (bicyclic) bond motifs is 5. The monoisotopic (exact) mass is 461 g/mol. The van der Waals surface area contributed by atoms with Crippen LogP contribution in [0.3, 0.4) is 0 Å². The van der Waals surface area contributed by atoms with E-state index < -0.39 is 0 Å². The molecule has 2 aromatic rings. The molecule has 2 atom stereocenters. The first-order chi connectivity index (χ1) is 16.4. The molecule has 34 heavy (non-hydrogen) atoms. The van der Waals surface area contributed by atoms with Gasteiger partial charge in [0, 0.05) is 13.6 Å². The Hall–Kier alpha value is -2.73. The summed E-state index contributed by atoms with van der Waals surface area (Å²) in [6.45, 7) is 9.26. The van der Waals surface area contributed by atoms with Crippen molar-refractivity contribution < 1.29 is 14.3 Å². The van der Waals surface area contributed by atoms with Crippen molar-refractivity contribution in [3.05, 3.63) is 47.5 Å². The van der Waals surface area contributed by atoms with Crippen LogP contribution in [0, 0.1) is 11.3 Å². The number of alkyl carbamates (subject to hydrolysis) is 1. The Morgan fingerprint density at radius 2 is 1.85 bits per heavy atom. The molecular weight excluding hydrogens is 426 g/mol. The molecule has 6 nitrogen and oxygen atoms in total. The highest BCUT2D eigenvalue weighted by Crippen LogP contribution is 2.47. The smallest absolute Gasteiger partial charge is 0.407 e. The summed E-state index contributed by atoms with van der Waals surface area (Å²) in [5, 5.41) is 3.23. The summed E-state index contributed by atoms with van der Waals surface area (Å²) in [6, 6.07) is 13.1. The zero-order chi connectivity index (χ0) is 23.4. The number of nitrogens with zero attached hydrogens (tertiary/aromatic N) is 2. The number of hydrogen-bond acceptors (Lipinski definition) is 5. The van der Waals surface area contributed by atoms with Crippen molar-refractivity contribution in [3.8, 4) is 16.9 Å². The minimum absolute atomic E-state index is 0.0270. The summed E-state index contributed by atoms with van der Waals surface area (Å²) in [7, 11) is 2.10. The number of nitrogens with one attached hydrogen (secondary N) is 1. The van der Waals surface area contributed by atoms with Crippen LogP contribution in [0.2, 0.25) is 0 Å². The number of carbonyl (C=O) groups is 1. The lowest BCUT2D eigenvalue weighted by atomic mass is 9.85. The maximum Gasteiger partial charge on any atom is 0.407 e. The molecule has 0 spiro atoms. The lowest BCUT2D eigenvalue weighted by Crippen LogP contribution is -2.53. The van der Waals surface area contributed by atoms with Gasteiger partial charge in [0.15, 0.2) is 0 Å². The van der Waals surface area contributed by atoms with E-state index in [2.05, 4.69) is 72.4 Å². The predicted octanol–water partition coefficient (Wildman–Crippen LogP) is 4.63. The van der Waals surface area contributed by atoms with Crippen molar-refractivity contribution in [2.45, 2.75) is 45.3 Å². The van der Waals surface area contributed by atoms with E-state index in [0.29, 0.717) is 12.5 Å². The molecule has 1 aliphatic carbocycles. The highest BCUT2D eigenvalue weighted by atomic mass is 16.6. The van der Waals surface area contributed by atoms with Gasteiger partial charge in [-0.2, -0.15) is 0 Å². The Bertz CT molecular complexity index is 1110. The fourth-order valence-corrected chi connectivity index (χ4v) is 6.38. The Kier molecular flexibility index (Phi) is 5.25. The van der Waals surface area contributed by atoms with Crippen molar-refractivity contribution in [2.75, 3.05) is 44.7 Å². The molecular formula is C28H35N3O3. The number of hydrogen-bond donors (Lipinski definition) is 1. The van der Waals surface area contributed by atoms with Crippen LogP contribution < -0.4 is 15.0 Å². The van der Waals surface area contributed by atoms with Crippen LogP contribution in [0.5, 0.6) is 5.75 Å². The van der Waals surface area contributed by atoms with Gasteiger partial charge in [-0.1, -0.05) is 38.1 Å². The van der Waals surface area contributed by atoms with Crippen molar-refractivity contribution in [2.24, 2.45) is 11.3 Å². The van der Waals surface area contributed by atoms with Crippen LogP contribution in [-0.2, 0) is 11.2 Å². The number of piperidine rings is 3. The molecule has 4 aliphatic heterocycles. The van der Waals surface area contributed by atoms with E-state index in [1.165, 1.54) is 16.7 Å². The summed E-state index contributed by atoms with van der Waals surface area (Å²) in [4.78, 5) is 17.6. The maximum absolute atomic E-state index is 12.9. The number of benzene rings is 2. The maximum atomic E-state index is 12.9. The summed E-state index contributed by atoms with van der Waals surface area (Å²) in [5.41, 5.74) is 5.91. The fourth-order valence-electron chi connectivity index (χ4n) is 6.38.